The number of amides is 1. The van der Waals surface area contributed by atoms with Crippen molar-refractivity contribution in [3.05, 3.63) is 47.8 Å². The van der Waals surface area contributed by atoms with Crippen molar-refractivity contribution in [2.24, 2.45) is 0 Å². The van der Waals surface area contributed by atoms with Gasteiger partial charge in [-0.1, -0.05) is 6.07 Å². The maximum atomic E-state index is 13.0. The molecule has 1 fully saturated rings. The van der Waals surface area contributed by atoms with Crippen LogP contribution in [-0.2, 0) is 0 Å². The van der Waals surface area contributed by atoms with Crippen LogP contribution < -0.4 is 0 Å². The fraction of sp³-hybridized carbons (Fsp3) is 0.312. The summed E-state index contributed by atoms with van der Waals surface area (Å²) < 4.78 is 5.48. The molecule has 1 atom stereocenters. The highest BCUT2D eigenvalue weighted by Gasteiger charge is 2.33. The Hall–Kier alpha value is -2.41. The Morgan fingerprint density at radius 2 is 2.35 bits per heavy atom. The Balaban J connectivity index is 1.67. The summed E-state index contributed by atoms with van der Waals surface area (Å²) in [6, 6.07) is 3.84. The predicted molar refractivity (Wildman–Crippen MR) is 86.0 cm³/mol. The van der Waals surface area contributed by atoms with Gasteiger partial charge in [-0.05, 0) is 30.7 Å². The number of nitrogens with zero attached hydrogens (tertiary/aromatic N) is 3. The van der Waals surface area contributed by atoms with Gasteiger partial charge in [0, 0.05) is 18.9 Å². The van der Waals surface area contributed by atoms with E-state index in [4.69, 9.17) is 4.42 Å². The van der Waals surface area contributed by atoms with E-state index >= 15 is 0 Å². The Morgan fingerprint density at radius 3 is 3.13 bits per heavy atom. The van der Waals surface area contributed by atoms with Crippen molar-refractivity contribution in [1.82, 2.24) is 19.9 Å². The summed E-state index contributed by atoms with van der Waals surface area (Å²) in [4.78, 5) is 27.5. The van der Waals surface area contributed by atoms with Crippen molar-refractivity contribution >= 4 is 17.2 Å². The summed E-state index contributed by atoms with van der Waals surface area (Å²) in [5, 5.41) is 1.96. The molecule has 3 aromatic heterocycles. The van der Waals surface area contributed by atoms with Gasteiger partial charge in [0.2, 0.25) is 0 Å². The van der Waals surface area contributed by atoms with Crippen LogP contribution in [0.4, 0.5) is 0 Å². The number of aromatic amines is 1. The van der Waals surface area contributed by atoms with Crippen LogP contribution in [0.15, 0.2) is 40.7 Å². The second-order valence-corrected chi connectivity index (χ2v) is 6.44. The highest BCUT2D eigenvalue weighted by atomic mass is 32.1. The first-order valence-electron chi connectivity index (χ1n) is 7.62. The van der Waals surface area contributed by atoms with Gasteiger partial charge in [-0.3, -0.25) is 4.79 Å². The molecule has 1 N–H and O–H groups in total. The van der Waals surface area contributed by atoms with Crippen LogP contribution in [0.25, 0.3) is 10.6 Å². The lowest BCUT2D eigenvalue weighted by molar-refractivity contribution is 0.0596. The number of imidazole rings is 1. The first kappa shape index (κ1) is 14.2. The molecule has 4 rings (SSSR count). The van der Waals surface area contributed by atoms with Gasteiger partial charge in [0.15, 0.2) is 17.8 Å². The highest BCUT2D eigenvalue weighted by molar-refractivity contribution is 7.13. The van der Waals surface area contributed by atoms with E-state index in [0.717, 1.165) is 30.0 Å². The second-order valence-electron chi connectivity index (χ2n) is 5.49. The smallest absolute Gasteiger partial charge is 0.277 e. The third kappa shape index (κ3) is 2.57. The van der Waals surface area contributed by atoms with Crippen LogP contribution in [0, 0.1) is 0 Å². The van der Waals surface area contributed by atoms with E-state index < -0.39 is 0 Å². The first-order valence-corrected chi connectivity index (χ1v) is 8.50. The van der Waals surface area contributed by atoms with Crippen molar-refractivity contribution < 1.29 is 9.21 Å². The topological polar surface area (TPSA) is 75.0 Å². The van der Waals surface area contributed by atoms with E-state index in [1.807, 2.05) is 22.4 Å². The summed E-state index contributed by atoms with van der Waals surface area (Å²) in [5.41, 5.74) is 0.380. The van der Waals surface area contributed by atoms with Gasteiger partial charge >= 0.3 is 0 Å². The molecule has 4 heterocycles. The molecule has 1 aliphatic heterocycles. The van der Waals surface area contributed by atoms with Gasteiger partial charge in [-0.25, -0.2) is 9.97 Å². The molecule has 0 spiro atoms. The highest BCUT2D eigenvalue weighted by Crippen LogP contribution is 2.33. The van der Waals surface area contributed by atoms with Crippen molar-refractivity contribution in [2.75, 3.05) is 6.54 Å². The SMILES string of the molecule is O=C(c1ncoc1-c1cccs1)N1CCCC[C@H]1c1ncc[nH]1. The molecule has 1 saturated heterocycles. The summed E-state index contributed by atoms with van der Waals surface area (Å²) >= 11 is 1.53. The van der Waals surface area contributed by atoms with Crippen LogP contribution in [0.5, 0.6) is 0 Å². The number of hydrogen-bond acceptors (Lipinski definition) is 5. The van der Waals surface area contributed by atoms with Crippen LogP contribution in [0.2, 0.25) is 0 Å². The summed E-state index contributed by atoms with van der Waals surface area (Å²) in [6.45, 7) is 0.709. The quantitative estimate of drug-likeness (QED) is 0.798. The number of oxazole rings is 1. The number of hydrogen-bond donors (Lipinski definition) is 1. The van der Waals surface area contributed by atoms with Crippen LogP contribution in [-0.4, -0.2) is 32.3 Å². The van der Waals surface area contributed by atoms with Gasteiger partial charge in [0.05, 0.1) is 10.9 Å². The van der Waals surface area contributed by atoms with Gasteiger partial charge in [0.1, 0.15) is 5.82 Å². The molecule has 3 aromatic rings. The number of carbonyl (C=O) groups is 1. The van der Waals surface area contributed by atoms with E-state index in [1.165, 1.54) is 17.7 Å². The minimum Gasteiger partial charge on any atom is -0.442 e. The maximum absolute atomic E-state index is 13.0. The first-order chi connectivity index (χ1) is 11.3. The lowest BCUT2D eigenvalue weighted by atomic mass is 10.0. The number of H-pyrrole nitrogens is 1. The van der Waals surface area contributed by atoms with Crippen molar-refractivity contribution in [2.45, 2.75) is 25.3 Å². The number of nitrogens with one attached hydrogen (secondary N) is 1. The third-order valence-electron chi connectivity index (χ3n) is 4.11. The van der Waals surface area contributed by atoms with Crippen LogP contribution in [0.3, 0.4) is 0 Å². The summed E-state index contributed by atoms with van der Waals surface area (Å²) in [5.74, 6) is 1.29. The van der Waals surface area contributed by atoms with E-state index in [0.29, 0.717) is 18.0 Å². The van der Waals surface area contributed by atoms with E-state index in [9.17, 15) is 4.79 Å². The van der Waals surface area contributed by atoms with Gasteiger partial charge in [-0.15, -0.1) is 11.3 Å². The fourth-order valence-electron chi connectivity index (χ4n) is 3.04. The number of likely N-dealkylation sites (tertiary alicyclic amines) is 1. The lowest BCUT2D eigenvalue weighted by Crippen LogP contribution is -2.39. The number of aromatic nitrogens is 3. The van der Waals surface area contributed by atoms with Crippen LogP contribution in [0.1, 0.15) is 41.6 Å². The zero-order valence-corrected chi connectivity index (χ0v) is 13.3. The second kappa shape index (κ2) is 6.00. The molecule has 1 aliphatic rings. The Morgan fingerprint density at radius 1 is 1.39 bits per heavy atom. The molecule has 0 saturated carbocycles. The van der Waals surface area contributed by atoms with Crippen molar-refractivity contribution in [3.8, 4) is 10.6 Å². The fourth-order valence-corrected chi connectivity index (χ4v) is 3.75. The average molecular weight is 328 g/mol. The summed E-state index contributed by atoms with van der Waals surface area (Å²) in [7, 11) is 0. The van der Waals surface area contributed by atoms with E-state index in [1.54, 1.807) is 12.4 Å². The number of rotatable bonds is 3. The van der Waals surface area contributed by atoms with Crippen molar-refractivity contribution in [1.29, 1.82) is 0 Å². The monoisotopic (exact) mass is 328 g/mol. The zero-order valence-electron chi connectivity index (χ0n) is 12.4. The third-order valence-corrected chi connectivity index (χ3v) is 4.98. The average Bonchev–Trinajstić information content (AvgIpc) is 3.35. The minimum absolute atomic E-state index is 0.0286. The molecule has 0 radical (unpaired) electrons. The van der Waals surface area contributed by atoms with E-state index in [2.05, 4.69) is 15.0 Å². The number of carbonyl (C=O) groups excluding carboxylic acids is 1. The molecule has 1 amide bonds. The Labute approximate surface area is 137 Å². The molecule has 23 heavy (non-hydrogen) atoms. The molecule has 0 unspecified atom stereocenters. The summed E-state index contributed by atoms with van der Waals surface area (Å²) in [6.07, 6.45) is 7.85. The van der Waals surface area contributed by atoms with Gasteiger partial charge in [0.25, 0.3) is 5.91 Å². The molecule has 118 valence electrons. The van der Waals surface area contributed by atoms with Gasteiger partial charge in [-0.2, -0.15) is 0 Å². The lowest BCUT2D eigenvalue weighted by Gasteiger charge is -2.34. The largest absolute Gasteiger partial charge is 0.442 e. The predicted octanol–water partition coefficient (Wildman–Crippen LogP) is 3.49. The molecule has 0 bridgehead atoms. The normalized spacial score (nSPS) is 18.3. The minimum atomic E-state index is -0.0942. The Kier molecular flexibility index (Phi) is 3.70. The van der Waals surface area contributed by atoms with Crippen LogP contribution >= 0.6 is 11.3 Å². The molecule has 0 aromatic carbocycles. The number of thiophene rings is 1. The Bertz CT molecular complexity index is 779. The zero-order chi connectivity index (χ0) is 15.6. The standard InChI is InChI=1S/C16H16N4O2S/c21-16(13-14(22-10-19-13)12-5-3-9-23-12)20-8-2-1-4-11(20)15-17-6-7-18-15/h3,5-7,9-11H,1-2,4,8H2,(H,17,18)/t11-/m0/s1. The molecular weight excluding hydrogens is 312 g/mol. The van der Waals surface area contributed by atoms with Crippen molar-refractivity contribution in [3.63, 3.8) is 0 Å². The molecule has 7 heteroatoms. The van der Waals surface area contributed by atoms with E-state index in [-0.39, 0.29) is 11.9 Å². The molecule has 0 aliphatic carbocycles. The molecule has 6 nitrogen and oxygen atoms in total. The maximum Gasteiger partial charge on any atom is 0.277 e. The van der Waals surface area contributed by atoms with Gasteiger partial charge < -0.3 is 14.3 Å². The number of piperidine rings is 1. The molecular formula is C16H16N4O2S.